The molecule has 0 saturated carbocycles. The van der Waals surface area contributed by atoms with Crippen LogP contribution in [0, 0.1) is 5.92 Å². The summed E-state index contributed by atoms with van der Waals surface area (Å²) >= 11 is 3.50. The van der Waals surface area contributed by atoms with E-state index >= 15 is 0 Å². The van der Waals surface area contributed by atoms with Crippen LogP contribution in [0.15, 0.2) is 0 Å². The van der Waals surface area contributed by atoms with Gasteiger partial charge in [0.05, 0.1) is 13.2 Å². The summed E-state index contributed by atoms with van der Waals surface area (Å²) in [5.74, 6) is 0.665. The standard InChI is InChI=1S/C10H22BrNO2/c1-3-10(8-11)9-12(4-6-13)5-7-14-2/h10,13H,3-9H2,1-2H3. The molecule has 0 fully saturated rings. The van der Waals surface area contributed by atoms with Gasteiger partial charge in [0, 0.05) is 32.1 Å². The molecule has 0 rings (SSSR count). The van der Waals surface area contributed by atoms with Gasteiger partial charge in [-0.2, -0.15) is 0 Å². The van der Waals surface area contributed by atoms with Crippen LogP contribution in [0.1, 0.15) is 13.3 Å². The van der Waals surface area contributed by atoms with Crippen molar-refractivity contribution in [2.45, 2.75) is 13.3 Å². The highest BCUT2D eigenvalue weighted by Crippen LogP contribution is 2.08. The number of alkyl halides is 1. The van der Waals surface area contributed by atoms with E-state index in [1.54, 1.807) is 7.11 Å². The zero-order valence-electron chi connectivity index (χ0n) is 9.21. The summed E-state index contributed by atoms with van der Waals surface area (Å²) in [5.41, 5.74) is 0. The van der Waals surface area contributed by atoms with E-state index in [4.69, 9.17) is 9.84 Å². The normalized spacial score (nSPS) is 13.5. The average molecular weight is 268 g/mol. The lowest BCUT2D eigenvalue weighted by atomic mass is 10.1. The molecule has 0 spiro atoms. The van der Waals surface area contributed by atoms with Crippen LogP contribution in [0.5, 0.6) is 0 Å². The van der Waals surface area contributed by atoms with Crippen LogP contribution >= 0.6 is 15.9 Å². The van der Waals surface area contributed by atoms with Crippen LogP contribution in [0.4, 0.5) is 0 Å². The predicted octanol–water partition coefficient (Wildman–Crippen LogP) is 1.35. The molecule has 0 aliphatic rings. The molecule has 1 atom stereocenters. The van der Waals surface area contributed by atoms with Crippen molar-refractivity contribution in [3.05, 3.63) is 0 Å². The Morgan fingerprint density at radius 1 is 1.43 bits per heavy atom. The summed E-state index contributed by atoms with van der Waals surface area (Å²) in [7, 11) is 1.71. The zero-order chi connectivity index (χ0) is 10.8. The summed E-state index contributed by atoms with van der Waals surface area (Å²) in [4.78, 5) is 2.25. The van der Waals surface area contributed by atoms with Crippen molar-refractivity contribution in [3.63, 3.8) is 0 Å². The fraction of sp³-hybridized carbons (Fsp3) is 1.00. The number of halogens is 1. The van der Waals surface area contributed by atoms with Gasteiger partial charge in [-0.15, -0.1) is 0 Å². The molecule has 3 nitrogen and oxygen atoms in total. The van der Waals surface area contributed by atoms with Crippen molar-refractivity contribution >= 4 is 15.9 Å². The number of hydrogen-bond acceptors (Lipinski definition) is 3. The molecule has 0 aromatic heterocycles. The minimum Gasteiger partial charge on any atom is -0.395 e. The second kappa shape index (κ2) is 9.90. The van der Waals surface area contributed by atoms with Crippen molar-refractivity contribution in [1.29, 1.82) is 0 Å². The molecule has 0 heterocycles. The quantitative estimate of drug-likeness (QED) is 0.641. The summed E-state index contributed by atoms with van der Waals surface area (Å²) < 4.78 is 5.03. The van der Waals surface area contributed by atoms with E-state index in [-0.39, 0.29) is 6.61 Å². The minimum absolute atomic E-state index is 0.225. The van der Waals surface area contributed by atoms with Crippen molar-refractivity contribution in [1.82, 2.24) is 4.90 Å². The first-order valence-corrected chi connectivity index (χ1v) is 6.28. The Hall–Kier alpha value is 0.360. The van der Waals surface area contributed by atoms with E-state index in [0.29, 0.717) is 5.92 Å². The smallest absolute Gasteiger partial charge is 0.0589 e. The molecule has 0 aromatic carbocycles. The summed E-state index contributed by atoms with van der Waals surface area (Å²) in [5, 5.41) is 9.93. The van der Waals surface area contributed by atoms with Gasteiger partial charge < -0.3 is 9.84 Å². The van der Waals surface area contributed by atoms with Crippen LogP contribution in [-0.2, 0) is 4.74 Å². The van der Waals surface area contributed by atoms with E-state index in [1.165, 1.54) is 6.42 Å². The molecular weight excluding hydrogens is 246 g/mol. The molecule has 0 saturated heterocycles. The van der Waals surface area contributed by atoms with Gasteiger partial charge in [0.1, 0.15) is 0 Å². The fourth-order valence-corrected chi connectivity index (χ4v) is 1.97. The fourth-order valence-electron chi connectivity index (χ4n) is 1.31. The maximum Gasteiger partial charge on any atom is 0.0589 e. The highest BCUT2D eigenvalue weighted by molar-refractivity contribution is 9.09. The summed E-state index contributed by atoms with van der Waals surface area (Å²) in [6.07, 6.45) is 1.17. The Kier molecular flexibility index (Phi) is 10.2. The van der Waals surface area contributed by atoms with Gasteiger partial charge in [0.25, 0.3) is 0 Å². The maximum absolute atomic E-state index is 8.90. The number of hydrogen-bond donors (Lipinski definition) is 1. The Morgan fingerprint density at radius 3 is 2.57 bits per heavy atom. The number of rotatable bonds is 9. The third-order valence-electron chi connectivity index (χ3n) is 2.34. The van der Waals surface area contributed by atoms with E-state index in [1.807, 2.05) is 0 Å². The van der Waals surface area contributed by atoms with E-state index < -0.39 is 0 Å². The largest absolute Gasteiger partial charge is 0.395 e. The third kappa shape index (κ3) is 6.76. The molecule has 4 heteroatoms. The molecule has 0 aromatic rings. The zero-order valence-corrected chi connectivity index (χ0v) is 10.8. The van der Waals surface area contributed by atoms with E-state index in [0.717, 1.165) is 31.6 Å². The van der Waals surface area contributed by atoms with E-state index in [9.17, 15) is 0 Å². The van der Waals surface area contributed by atoms with Gasteiger partial charge in [0.15, 0.2) is 0 Å². The lowest BCUT2D eigenvalue weighted by molar-refractivity contribution is 0.121. The summed E-state index contributed by atoms with van der Waals surface area (Å²) in [6.45, 7) is 5.83. The van der Waals surface area contributed by atoms with Gasteiger partial charge in [0.2, 0.25) is 0 Å². The lowest BCUT2D eigenvalue weighted by Gasteiger charge is -2.24. The molecule has 86 valence electrons. The monoisotopic (exact) mass is 267 g/mol. The first-order valence-electron chi connectivity index (χ1n) is 5.16. The van der Waals surface area contributed by atoms with Crippen LogP contribution in [0.2, 0.25) is 0 Å². The molecule has 0 amide bonds. The molecular formula is C10H22BrNO2. The Bertz CT molecular complexity index is 121. The van der Waals surface area contributed by atoms with Crippen molar-refractivity contribution in [2.75, 3.05) is 45.3 Å². The van der Waals surface area contributed by atoms with Crippen LogP contribution in [0.3, 0.4) is 0 Å². The molecule has 0 aliphatic heterocycles. The number of nitrogens with zero attached hydrogens (tertiary/aromatic N) is 1. The van der Waals surface area contributed by atoms with Crippen LogP contribution < -0.4 is 0 Å². The van der Waals surface area contributed by atoms with Gasteiger partial charge in [-0.3, -0.25) is 4.90 Å². The number of aliphatic hydroxyl groups is 1. The van der Waals surface area contributed by atoms with Crippen molar-refractivity contribution in [3.8, 4) is 0 Å². The van der Waals surface area contributed by atoms with Crippen LogP contribution in [0.25, 0.3) is 0 Å². The first-order chi connectivity index (χ1) is 6.78. The maximum atomic E-state index is 8.90. The second-order valence-electron chi connectivity index (χ2n) is 3.45. The number of methoxy groups -OCH3 is 1. The van der Waals surface area contributed by atoms with Gasteiger partial charge in [-0.05, 0) is 5.92 Å². The first kappa shape index (κ1) is 14.4. The van der Waals surface area contributed by atoms with Crippen molar-refractivity contribution < 1.29 is 9.84 Å². The van der Waals surface area contributed by atoms with Crippen molar-refractivity contribution in [2.24, 2.45) is 5.92 Å². The average Bonchev–Trinajstić information content (AvgIpc) is 2.22. The highest BCUT2D eigenvalue weighted by atomic mass is 79.9. The predicted molar refractivity (Wildman–Crippen MR) is 63.0 cm³/mol. The van der Waals surface area contributed by atoms with E-state index in [2.05, 4.69) is 27.8 Å². The molecule has 0 aliphatic carbocycles. The van der Waals surface area contributed by atoms with Crippen LogP contribution in [-0.4, -0.2) is 55.3 Å². The SMILES string of the molecule is CCC(CBr)CN(CCO)CCOC. The molecule has 0 radical (unpaired) electrons. The molecule has 1 unspecified atom stereocenters. The molecule has 1 N–H and O–H groups in total. The Balaban J connectivity index is 3.80. The third-order valence-corrected chi connectivity index (χ3v) is 3.26. The summed E-state index contributed by atoms with van der Waals surface area (Å²) in [6, 6.07) is 0. The highest BCUT2D eigenvalue weighted by Gasteiger charge is 2.10. The molecule has 0 bridgehead atoms. The Labute approximate surface area is 95.6 Å². The number of ether oxygens (including phenoxy) is 1. The lowest BCUT2D eigenvalue weighted by Crippen LogP contribution is -2.35. The second-order valence-corrected chi connectivity index (χ2v) is 4.09. The minimum atomic E-state index is 0.225. The van der Waals surface area contributed by atoms with Gasteiger partial charge >= 0.3 is 0 Å². The van der Waals surface area contributed by atoms with Gasteiger partial charge in [-0.1, -0.05) is 29.3 Å². The number of aliphatic hydroxyl groups excluding tert-OH is 1. The topological polar surface area (TPSA) is 32.7 Å². The Morgan fingerprint density at radius 2 is 2.14 bits per heavy atom. The molecule has 14 heavy (non-hydrogen) atoms. The van der Waals surface area contributed by atoms with Gasteiger partial charge in [-0.25, -0.2) is 0 Å².